The van der Waals surface area contributed by atoms with Crippen LogP contribution in [0.1, 0.15) is 39.0 Å². The number of thioether (sulfide) groups is 1. The standard InChI is InChI=1S/C10H21NS/c1-10(6-3-4-7-10)11-8-5-9-12-2/h11H,3-9H2,1-2H3. The third kappa shape index (κ3) is 3.36. The van der Waals surface area contributed by atoms with E-state index in [1.54, 1.807) is 0 Å². The molecule has 0 atom stereocenters. The Bertz CT molecular complexity index is 119. The first kappa shape index (κ1) is 10.4. The van der Waals surface area contributed by atoms with Crippen molar-refractivity contribution in [2.75, 3.05) is 18.6 Å². The summed E-state index contributed by atoms with van der Waals surface area (Å²) >= 11 is 1.94. The van der Waals surface area contributed by atoms with Gasteiger partial charge in [-0.15, -0.1) is 0 Å². The molecule has 0 amide bonds. The van der Waals surface area contributed by atoms with E-state index in [0.717, 1.165) is 0 Å². The second-order valence-corrected chi connectivity index (χ2v) is 5.03. The van der Waals surface area contributed by atoms with Gasteiger partial charge in [-0.25, -0.2) is 0 Å². The van der Waals surface area contributed by atoms with Gasteiger partial charge in [-0.3, -0.25) is 0 Å². The smallest absolute Gasteiger partial charge is 0.0153 e. The van der Waals surface area contributed by atoms with Crippen LogP contribution in [0.25, 0.3) is 0 Å². The van der Waals surface area contributed by atoms with E-state index in [4.69, 9.17) is 0 Å². The first-order valence-electron chi connectivity index (χ1n) is 5.01. The minimum absolute atomic E-state index is 0.485. The second kappa shape index (κ2) is 5.13. The van der Waals surface area contributed by atoms with Gasteiger partial charge in [0.25, 0.3) is 0 Å². The summed E-state index contributed by atoms with van der Waals surface area (Å²) in [7, 11) is 0. The molecule has 1 fully saturated rings. The lowest BCUT2D eigenvalue weighted by Gasteiger charge is -2.25. The molecule has 1 N–H and O–H groups in total. The molecule has 12 heavy (non-hydrogen) atoms. The van der Waals surface area contributed by atoms with Gasteiger partial charge in [0.2, 0.25) is 0 Å². The highest BCUT2D eigenvalue weighted by Gasteiger charge is 2.26. The average molecular weight is 187 g/mol. The molecule has 0 radical (unpaired) electrons. The van der Waals surface area contributed by atoms with Crippen molar-refractivity contribution in [3.8, 4) is 0 Å². The number of nitrogens with one attached hydrogen (secondary N) is 1. The highest BCUT2D eigenvalue weighted by molar-refractivity contribution is 7.98. The van der Waals surface area contributed by atoms with E-state index in [1.807, 2.05) is 11.8 Å². The summed E-state index contributed by atoms with van der Waals surface area (Å²) < 4.78 is 0. The van der Waals surface area contributed by atoms with E-state index in [2.05, 4.69) is 18.5 Å². The van der Waals surface area contributed by atoms with Crippen LogP contribution in [0.2, 0.25) is 0 Å². The van der Waals surface area contributed by atoms with Crippen molar-refractivity contribution >= 4 is 11.8 Å². The highest BCUT2D eigenvalue weighted by Crippen LogP contribution is 2.28. The van der Waals surface area contributed by atoms with E-state index < -0.39 is 0 Å². The molecule has 72 valence electrons. The van der Waals surface area contributed by atoms with Crippen molar-refractivity contribution in [1.82, 2.24) is 5.32 Å². The molecule has 0 heterocycles. The summed E-state index contributed by atoms with van der Waals surface area (Å²) in [4.78, 5) is 0. The van der Waals surface area contributed by atoms with Gasteiger partial charge in [0, 0.05) is 5.54 Å². The Hall–Kier alpha value is 0.310. The Morgan fingerprint density at radius 1 is 1.33 bits per heavy atom. The zero-order chi connectivity index (χ0) is 8.86. The zero-order valence-corrected chi connectivity index (χ0v) is 9.17. The van der Waals surface area contributed by atoms with Crippen molar-refractivity contribution in [2.24, 2.45) is 0 Å². The van der Waals surface area contributed by atoms with E-state index in [1.165, 1.54) is 44.4 Å². The van der Waals surface area contributed by atoms with Crippen molar-refractivity contribution in [1.29, 1.82) is 0 Å². The van der Waals surface area contributed by atoms with Crippen molar-refractivity contribution < 1.29 is 0 Å². The van der Waals surface area contributed by atoms with Crippen LogP contribution >= 0.6 is 11.8 Å². The lowest BCUT2D eigenvalue weighted by atomic mass is 10.0. The molecule has 0 saturated heterocycles. The van der Waals surface area contributed by atoms with Crippen LogP contribution in [-0.2, 0) is 0 Å². The van der Waals surface area contributed by atoms with Crippen LogP contribution in [0.15, 0.2) is 0 Å². The third-order valence-electron chi connectivity index (χ3n) is 2.78. The number of hydrogen-bond acceptors (Lipinski definition) is 2. The molecule has 2 heteroatoms. The number of hydrogen-bond donors (Lipinski definition) is 1. The number of rotatable bonds is 5. The quantitative estimate of drug-likeness (QED) is 0.664. The van der Waals surface area contributed by atoms with Gasteiger partial charge in [0.1, 0.15) is 0 Å². The van der Waals surface area contributed by atoms with Gasteiger partial charge in [-0.2, -0.15) is 11.8 Å². The summed E-state index contributed by atoms with van der Waals surface area (Å²) in [6, 6.07) is 0. The SMILES string of the molecule is CSCCCNC1(C)CCCC1. The minimum atomic E-state index is 0.485. The lowest BCUT2D eigenvalue weighted by molar-refractivity contribution is 0.366. The largest absolute Gasteiger partial charge is 0.311 e. The fraction of sp³-hybridized carbons (Fsp3) is 1.00. The lowest BCUT2D eigenvalue weighted by Crippen LogP contribution is -2.40. The molecule has 0 aromatic rings. The van der Waals surface area contributed by atoms with Gasteiger partial charge in [0.15, 0.2) is 0 Å². The molecule has 1 saturated carbocycles. The molecule has 0 bridgehead atoms. The Balaban J connectivity index is 2.05. The first-order chi connectivity index (χ1) is 5.77. The predicted molar refractivity (Wildman–Crippen MR) is 57.9 cm³/mol. The van der Waals surface area contributed by atoms with Crippen LogP contribution in [0, 0.1) is 0 Å². The molecule has 1 aliphatic rings. The molecule has 0 aliphatic heterocycles. The van der Waals surface area contributed by atoms with Crippen LogP contribution in [-0.4, -0.2) is 24.1 Å². The van der Waals surface area contributed by atoms with E-state index in [9.17, 15) is 0 Å². The van der Waals surface area contributed by atoms with Gasteiger partial charge in [-0.05, 0) is 44.7 Å². The van der Waals surface area contributed by atoms with Crippen molar-refractivity contribution in [2.45, 2.75) is 44.6 Å². The van der Waals surface area contributed by atoms with Gasteiger partial charge in [0.05, 0.1) is 0 Å². The monoisotopic (exact) mass is 187 g/mol. The molecule has 0 aromatic carbocycles. The van der Waals surface area contributed by atoms with E-state index >= 15 is 0 Å². The fourth-order valence-corrected chi connectivity index (χ4v) is 2.37. The van der Waals surface area contributed by atoms with Crippen molar-refractivity contribution in [3.05, 3.63) is 0 Å². The normalized spacial score (nSPS) is 21.5. The molecular weight excluding hydrogens is 166 g/mol. The van der Waals surface area contributed by atoms with Crippen LogP contribution in [0.5, 0.6) is 0 Å². The van der Waals surface area contributed by atoms with Crippen LogP contribution in [0.3, 0.4) is 0 Å². The van der Waals surface area contributed by atoms with Gasteiger partial charge >= 0.3 is 0 Å². The Morgan fingerprint density at radius 3 is 2.58 bits per heavy atom. The maximum Gasteiger partial charge on any atom is 0.0153 e. The molecule has 1 rings (SSSR count). The maximum atomic E-state index is 3.68. The Morgan fingerprint density at radius 2 is 2.00 bits per heavy atom. The summed E-state index contributed by atoms with van der Waals surface area (Å²) in [5.74, 6) is 1.29. The molecule has 0 unspecified atom stereocenters. The van der Waals surface area contributed by atoms with Gasteiger partial charge < -0.3 is 5.32 Å². The van der Waals surface area contributed by atoms with E-state index in [0.29, 0.717) is 5.54 Å². The van der Waals surface area contributed by atoms with Gasteiger partial charge in [-0.1, -0.05) is 12.8 Å². The van der Waals surface area contributed by atoms with Crippen LogP contribution < -0.4 is 5.32 Å². The highest BCUT2D eigenvalue weighted by atomic mass is 32.2. The molecule has 1 nitrogen and oxygen atoms in total. The topological polar surface area (TPSA) is 12.0 Å². The Kier molecular flexibility index (Phi) is 4.44. The predicted octanol–water partition coefficient (Wildman–Crippen LogP) is 2.66. The summed E-state index contributed by atoms with van der Waals surface area (Å²) in [6.45, 7) is 3.58. The first-order valence-corrected chi connectivity index (χ1v) is 6.40. The average Bonchev–Trinajstić information content (AvgIpc) is 2.47. The van der Waals surface area contributed by atoms with E-state index in [-0.39, 0.29) is 0 Å². The van der Waals surface area contributed by atoms with Crippen LogP contribution in [0.4, 0.5) is 0 Å². The molecule has 0 spiro atoms. The second-order valence-electron chi connectivity index (χ2n) is 4.04. The summed E-state index contributed by atoms with van der Waals surface area (Å²) in [5.41, 5.74) is 0.485. The molecule has 1 aliphatic carbocycles. The zero-order valence-electron chi connectivity index (χ0n) is 8.36. The Labute approximate surface area is 80.7 Å². The minimum Gasteiger partial charge on any atom is -0.311 e. The summed E-state index contributed by atoms with van der Waals surface area (Å²) in [5, 5.41) is 3.68. The fourth-order valence-electron chi connectivity index (χ4n) is 1.94. The third-order valence-corrected chi connectivity index (χ3v) is 3.48. The summed E-state index contributed by atoms with van der Waals surface area (Å²) in [6.07, 6.45) is 9.10. The molecular formula is C10H21NS. The maximum absolute atomic E-state index is 3.68. The molecule has 0 aromatic heterocycles. The van der Waals surface area contributed by atoms with Crippen molar-refractivity contribution in [3.63, 3.8) is 0 Å².